The number of ether oxygens (including phenoxy) is 4. The minimum Gasteiger partial charge on any atom is -0.477 e. The zero-order chi connectivity index (χ0) is 18.3. The molecule has 0 saturated carbocycles. The first-order chi connectivity index (χ1) is 13.2. The summed E-state index contributed by atoms with van der Waals surface area (Å²) < 4.78 is 22.5. The molecule has 2 saturated heterocycles. The van der Waals surface area contributed by atoms with Crippen LogP contribution >= 0.6 is 0 Å². The van der Waals surface area contributed by atoms with Gasteiger partial charge in [-0.15, -0.1) is 0 Å². The fourth-order valence-corrected chi connectivity index (χ4v) is 3.94. The van der Waals surface area contributed by atoms with Crippen LogP contribution in [0.3, 0.4) is 0 Å². The van der Waals surface area contributed by atoms with Crippen LogP contribution in [0.1, 0.15) is 16.8 Å². The first-order valence-corrected chi connectivity index (χ1v) is 9.10. The zero-order valence-electron chi connectivity index (χ0n) is 14.8. The van der Waals surface area contributed by atoms with E-state index in [0.717, 1.165) is 6.42 Å². The van der Waals surface area contributed by atoms with E-state index < -0.39 is 0 Å². The van der Waals surface area contributed by atoms with E-state index in [1.165, 1.54) is 0 Å². The highest BCUT2D eigenvalue weighted by Gasteiger charge is 2.54. The molecule has 0 unspecified atom stereocenters. The Balaban J connectivity index is 1.22. The summed E-state index contributed by atoms with van der Waals surface area (Å²) in [4.78, 5) is 18.8. The number of hydrogen-bond donors (Lipinski definition) is 0. The molecule has 27 heavy (non-hydrogen) atoms. The molecule has 0 aliphatic carbocycles. The van der Waals surface area contributed by atoms with Crippen LogP contribution < -0.4 is 14.2 Å². The molecule has 0 bridgehead atoms. The van der Waals surface area contributed by atoms with Crippen molar-refractivity contribution in [2.45, 2.75) is 12.0 Å². The van der Waals surface area contributed by atoms with Gasteiger partial charge in [-0.25, -0.2) is 4.98 Å². The number of carbonyl (C=O) groups excluding carboxylic acids is 1. The summed E-state index contributed by atoms with van der Waals surface area (Å²) in [5.41, 5.74) is 0.300. The van der Waals surface area contributed by atoms with Gasteiger partial charge in [0.05, 0.1) is 19.7 Å². The Morgan fingerprint density at radius 1 is 1.22 bits per heavy atom. The molecule has 7 nitrogen and oxygen atoms in total. The topological polar surface area (TPSA) is 70.1 Å². The fourth-order valence-electron chi connectivity index (χ4n) is 3.94. The quantitative estimate of drug-likeness (QED) is 0.823. The van der Waals surface area contributed by atoms with E-state index in [0.29, 0.717) is 49.2 Å². The number of amides is 1. The zero-order valence-corrected chi connectivity index (χ0v) is 14.8. The van der Waals surface area contributed by atoms with Gasteiger partial charge in [0.25, 0.3) is 5.91 Å². The lowest BCUT2D eigenvalue weighted by molar-refractivity contribution is -0.122. The normalized spacial score (nSPS) is 21.9. The van der Waals surface area contributed by atoms with Gasteiger partial charge in [0.1, 0.15) is 5.60 Å². The van der Waals surface area contributed by atoms with E-state index in [-0.39, 0.29) is 24.2 Å². The summed E-state index contributed by atoms with van der Waals surface area (Å²) in [5, 5.41) is 0. The average molecular weight is 368 g/mol. The number of fused-ring (bicyclic) bond motifs is 1. The number of rotatable bonds is 4. The molecule has 3 aliphatic rings. The summed E-state index contributed by atoms with van der Waals surface area (Å²) in [6, 6.07) is 10.9. The predicted molar refractivity (Wildman–Crippen MR) is 95.0 cm³/mol. The Hall–Kier alpha value is -2.80. The van der Waals surface area contributed by atoms with Crippen molar-refractivity contribution >= 4 is 5.91 Å². The Labute approximate surface area is 156 Å². The van der Waals surface area contributed by atoms with Gasteiger partial charge >= 0.3 is 0 Å². The number of pyridine rings is 1. The summed E-state index contributed by atoms with van der Waals surface area (Å²) in [7, 11) is 0. The molecule has 7 heteroatoms. The van der Waals surface area contributed by atoms with Crippen molar-refractivity contribution in [3.05, 3.63) is 48.2 Å². The molecule has 1 spiro atoms. The maximum absolute atomic E-state index is 12.8. The molecule has 1 atom stereocenters. The maximum atomic E-state index is 12.8. The Bertz CT molecular complexity index is 851. The summed E-state index contributed by atoms with van der Waals surface area (Å²) in [5.74, 6) is 2.15. The van der Waals surface area contributed by atoms with Crippen molar-refractivity contribution in [1.82, 2.24) is 9.88 Å². The lowest BCUT2D eigenvalue weighted by Gasteiger charge is -2.50. The van der Waals surface area contributed by atoms with Crippen LogP contribution in [-0.4, -0.2) is 54.5 Å². The second kappa shape index (κ2) is 6.42. The molecule has 2 fully saturated rings. The van der Waals surface area contributed by atoms with Gasteiger partial charge in [0.2, 0.25) is 12.7 Å². The van der Waals surface area contributed by atoms with Gasteiger partial charge in [-0.2, -0.15) is 0 Å². The number of nitrogens with zero attached hydrogens (tertiary/aromatic N) is 2. The number of benzene rings is 1. The van der Waals surface area contributed by atoms with E-state index in [1.54, 1.807) is 24.4 Å². The van der Waals surface area contributed by atoms with Crippen LogP contribution in [0.4, 0.5) is 0 Å². The van der Waals surface area contributed by atoms with Crippen molar-refractivity contribution in [1.29, 1.82) is 0 Å². The van der Waals surface area contributed by atoms with E-state index in [4.69, 9.17) is 18.9 Å². The molecule has 5 rings (SSSR count). The van der Waals surface area contributed by atoms with Gasteiger partial charge in [-0.1, -0.05) is 6.07 Å². The van der Waals surface area contributed by atoms with E-state index in [2.05, 4.69) is 4.98 Å². The van der Waals surface area contributed by atoms with Crippen LogP contribution in [0, 0.1) is 5.92 Å². The van der Waals surface area contributed by atoms with Crippen LogP contribution in [0.25, 0.3) is 0 Å². The average Bonchev–Trinajstić information content (AvgIpc) is 3.31. The molecule has 4 heterocycles. The smallest absolute Gasteiger partial charge is 0.254 e. The molecule has 2 aromatic rings. The molecular weight excluding hydrogens is 348 g/mol. The lowest BCUT2D eigenvalue weighted by Crippen LogP contribution is -2.66. The number of hydrogen-bond acceptors (Lipinski definition) is 6. The molecule has 1 aromatic carbocycles. The summed E-state index contributed by atoms with van der Waals surface area (Å²) in [6.07, 6.45) is 2.64. The highest BCUT2D eigenvalue weighted by molar-refractivity contribution is 5.95. The van der Waals surface area contributed by atoms with Crippen LogP contribution in [0.15, 0.2) is 42.6 Å². The standard InChI is InChI=1S/C20H20N2O5/c23-19(14-4-5-16-17(9-14)26-13-25-16)22-11-20(12-22)15(6-8-27-20)10-24-18-3-1-2-7-21-18/h1-5,7,9,15H,6,8,10-13H2/t15-/m1/s1. The highest BCUT2D eigenvalue weighted by atomic mass is 16.7. The van der Waals surface area contributed by atoms with Crippen molar-refractivity contribution in [2.24, 2.45) is 5.92 Å². The predicted octanol–water partition coefficient (Wildman–Crippen LogP) is 2.12. The molecule has 0 N–H and O–H groups in total. The Morgan fingerprint density at radius 2 is 2.11 bits per heavy atom. The third-order valence-electron chi connectivity index (χ3n) is 5.49. The SMILES string of the molecule is O=C(c1ccc2c(c1)OCO2)N1CC2(C1)OCC[C@@H]2COc1ccccn1. The maximum Gasteiger partial charge on any atom is 0.254 e. The summed E-state index contributed by atoms with van der Waals surface area (Å²) >= 11 is 0. The van der Waals surface area contributed by atoms with Crippen molar-refractivity contribution < 1.29 is 23.7 Å². The number of aromatic nitrogens is 1. The Kier molecular flexibility index (Phi) is 3.89. The van der Waals surface area contributed by atoms with Crippen molar-refractivity contribution in [3.8, 4) is 17.4 Å². The van der Waals surface area contributed by atoms with Gasteiger partial charge in [-0.05, 0) is 30.7 Å². The molecule has 140 valence electrons. The van der Waals surface area contributed by atoms with E-state index in [9.17, 15) is 4.79 Å². The number of carbonyl (C=O) groups is 1. The first kappa shape index (κ1) is 16.4. The van der Waals surface area contributed by atoms with E-state index in [1.807, 2.05) is 23.1 Å². The van der Waals surface area contributed by atoms with Gasteiger partial charge < -0.3 is 23.8 Å². The van der Waals surface area contributed by atoms with Crippen molar-refractivity contribution in [2.75, 3.05) is 33.1 Å². The second-order valence-electron chi connectivity index (χ2n) is 7.11. The first-order valence-electron chi connectivity index (χ1n) is 9.10. The second-order valence-corrected chi connectivity index (χ2v) is 7.11. The molecule has 3 aliphatic heterocycles. The molecule has 1 aromatic heterocycles. The molecular formula is C20H20N2O5. The van der Waals surface area contributed by atoms with Crippen molar-refractivity contribution in [3.63, 3.8) is 0 Å². The van der Waals surface area contributed by atoms with Crippen LogP contribution in [0.5, 0.6) is 17.4 Å². The third-order valence-corrected chi connectivity index (χ3v) is 5.49. The minimum atomic E-state index is -0.305. The van der Waals surface area contributed by atoms with Gasteiger partial charge in [0.15, 0.2) is 11.5 Å². The Morgan fingerprint density at radius 3 is 2.96 bits per heavy atom. The van der Waals surface area contributed by atoms with Gasteiger partial charge in [-0.3, -0.25) is 4.79 Å². The van der Waals surface area contributed by atoms with Crippen LogP contribution in [0.2, 0.25) is 0 Å². The third kappa shape index (κ3) is 2.88. The monoisotopic (exact) mass is 368 g/mol. The fraction of sp³-hybridized carbons (Fsp3) is 0.400. The number of likely N-dealkylation sites (tertiary alicyclic amines) is 1. The van der Waals surface area contributed by atoms with Crippen LogP contribution in [-0.2, 0) is 4.74 Å². The largest absolute Gasteiger partial charge is 0.477 e. The van der Waals surface area contributed by atoms with Gasteiger partial charge in [0, 0.05) is 30.4 Å². The molecule has 1 amide bonds. The highest BCUT2D eigenvalue weighted by Crippen LogP contribution is 2.41. The summed E-state index contributed by atoms with van der Waals surface area (Å²) in [6.45, 7) is 2.60. The van der Waals surface area contributed by atoms with E-state index >= 15 is 0 Å². The lowest BCUT2D eigenvalue weighted by atomic mass is 9.81. The minimum absolute atomic E-state index is 0.0150. The molecule has 0 radical (unpaired) electrons.